The number of morpholine rings is 1. The van der Waals surface area contributed by atoms with Crippen LogP contribution in [0.3, 0.4) is 0 Å². The van der Waals surface area contributed by atoms with Crippen LogP contribution in [0.5, 0.6) is 0 Å². The van der Waals surface area contributed by atoms with Gasteiger partial charge < -0.3 is 10.1 Å². The molecule has 1 N–H and O–H groups in total. The fourth-order valence-corrected chi connectivity index (χ4v) is 1.000. The van der Waals surface area contributed by atoms with E-state index < -0.39 is 0 Å². The zero-order valence-corrected chi connectivity index (χ0v) is 6.89. The zero-order chi connectivity index (χ0) is 6.53. The fraction of sp³-hybridized carbons (Fsp3) is 0.857. The molecule has 0 radical (unpaired) electrons. The Labute approximate surface area is 74.9 Å². The summed E-state index contributed by atoms with van der Waals surface area (Å²) in [5.74, 6) is 0. The van der Waals surface area contributed by atoms with Gasteiger partial charge in [-0.25, -0.2) is 0 Å². The summed E-state index contributed by atoms with van der Waals surface area (Å²) in [6.07, 6.45) is 3.67. The van der Waals surface area contributed by atoms with Crippen molar-refractivity contribution in [1.82, 2.24) is 5.32 Å². The second kappa shape index (κ2) is 6.24. The van der Waals surface area contributed by atoms with Crippen molar-refractivity contribution in [1.29, 1.82) is 0 Å². The normalized spacial score (nSPS) is 25.5. The maximum absolute atomic E-state index is 5.40. The van der Waals surface area contributed by atoms with Crippen LogP contribution in [-0.4, -0.2) is 25.8 Å². The van der Waals surface area contributed by atoms with E-state index in [0.29, 0.717) is 6.10 Å². The standard InChI is InChI=1S/C7H14NO.Li/c1-2-3-7-6-8-4-5-9-7;/h3,7-8H,2,4-6H2,1H3;/q-1;+1. The SMILES string of the molecule is CC[CH-]C1CNCCO1.[Li+]. The van der Waals surface area contributed by atoms with E-state index in [1.807, 2.05) is 0 Å². The topological polar surface area (TPSA) is 21.3 Å². The molecule has 0 spiro atoms. The minimum atomic E-state index is 0. The van der Waals surface area contributed by atoms with Gasteiger partial charge in [0.2, 0.25) is 0 Å². The third kappa shape index (κ3) is 3.63. The number of hydrogen-bond donors (Lipinski definition) is 1. The average Bonchev–Trinajstić information content (AvgIpc) is 1.91. The Bertz CT molecular complexity index is 71.3. The molecular weight excluding hydrogens is 121 g/mol. The van der Waals surface area contributed by atoms with Gasteiger partial charge in [0.1, 0.15) is 0 Å². The van der Waals surface area contributed by atoms with Crippen molar-refractivity contribution in [3.63, 3.8) is 0 Å². The molecule has 1 atom stereocenters. The number of rotatable bonds is 2. The van der Waals surface area contributed by atoms with Gasteiger partial charge in [-0.2, -0.15) is 6.42 Å². The molecule has 0 aromatic heterocycles. The Morgan fingerprint density at radius 2 is 2.50 bits per heavy atom. The van der Waals surface area contributed by atoms with Gasteiger partial charge in [0.05, 0.1) is 6.61 Å². The van der Waals surface area contributed by atoms with Gasteiger partial charge in [-0.3, -0.25) is 6.42 Å². The number of nitrogens with one attached hydrogen (secondary N) is 1. The molecule has 10 heavy (non-hydrogen) atoms. The van der Waals surface area contributed by atoms with Gasteiger partial charge in [-0.15, -0.1) is 0 Å². The second-order valence-corrected chi connectivity index (χ2v) is 2.26. The van der Waals surface area contributed by atoms with Crippen molar-refractivity contribution in [3.8, 4) is 0 Å². The van der Waals surface area contributed by atoms with Crippen molar-refractivity contribution in [3.05, 3.63) is 6.42 Å². The molecule has 1 fully saturated rings. The summed E-state index contributed by atoms with van der Waals surface area (Å²) in [5.41, 5.74) is 0. The fourth-order valence-electron chi connectivity index (χ4n) is 1.000. The molecule has 1 heterocycles. The molecule has 0 aliphatic carbocycles. The molecule has 0 aromatic carbocycles. The molecule has 54 valence electrons. The Morgan fingerprint density at radius 3 is 3.00 bits per heavy atom. The van der Waals surface area contributed by atoms with Crippen LogP contribution in [0, 0.1) is 6.42 Å². The molecule has 0 bridgehead atoms. The van der Waals surface area contributed by atoms with Gasteiger partial charge >= 0.3 is 18.9 Å². The van der Waals surface area contributed by atoms with Crippen molar-refractivity contribution in [2.75, 3.05) is 19.7 Å². The quantitative estimate of drug-likeness (QED) is 0.336. The summed E-state index contributed by atoms with van der Waals surface area (Å²) in [4.78, 5) is 0. The first-order chi connectivity index (χ1) is 4.43. The molecule has 0 saturated carbocycles. The van der Waals surface area contributed by atoms with Gasteiger partial charge in [-0.1, -0.05) is 13.0 Å². The summed E-state index contributed by atoms with van der Waals surface area (Å²) in [7, 11) is 0. The smallest absolute Gasteiger partial charge is 0.407 e. The van der Waals surface area contributed by atoms with Crippen LogP contribution in [0.1, 0.15) is 13.3 Å². The Morgan fingerprint density at radius 1 is 1.70 bits per heavy atom. The van der Waals surface area contributed by atoms with E-state index >= 15 is 0 Å². The van der Waals surface area contributed by atoms with Crippen LogP contribution in [0.4, 0.5) is 0 Å². The van der Waals surface area contributed by atoms with E-state index in [1.54, 1.807) is 0 Å². The first kappa shape index (κ1) is 10.5. The molecule has 0 amide bonds. The molecule has 1 aliphatic heterocycles. The van der Waals surface area contributed by atoms with Gasteiger partial charge in [0.25, 0.3) is 0 Å². The van der Waals surface area contributed by atoms with Gasteiger partial charge in [0, 0.05) is 6.54 Å². The largest absolute Gasteiger partial charge is 1.00 e. The number of hydrogen-bond acceptors (Lipinski definition) is 2. The monoisotopic (exact) mass is 135 g/mol. The second-order valence-electron chi connectivity index (χ2n) is 2.26. The third-order valence-electron chi connectivity index (χ3n) is 1.45. The van der Waals surface area contributed by atoms with Crippen LogP contribution in [0.15, 0.2) is 0 Å². The average molecular weight is 135 g/mol. The molecule has 1 saturated heterocycles. The summed E-state index contributed by atoms with van der Waals surface area (Å²) in [6.45, 7) is 5.00. The van der Waals surface area contributed by atoms with Crippen molar-refractivity contribution in [2.24, 2.45) is 0 Å². The van der Waals surface area contributed by atoms with Crippen LogP contribution >= 0.6 is 0 Å². The summed E-state index contributed by atoms with van der Waals surface area (Å²) >= 11 is 0. The van der Waals surface area contributed by atoms with E-state index in [-0.39, 0.29) is 18.9 Å². The maximum Gasteiger partial charge on any atom is 1.00 e. The minimum Gasteiger partial charge on any atom is -0.407 e. The van der Waals surface area contributed by atoms with Crippen LogP contribution < -0.4 is 24.2 Å². The predicted molar refractivity (Wildman–Crippen MR) is 37.2 cm³/mol. The Balaban J connectivity index is 0.000000810. The molecule has 3 heteroatoms. The van der Waals surface area contributed by atoms with E-state index in [1.165, 1.54) is 0 Å². The molecule has 1 unspecified atom stereocenters. The molecule has 0 aromatic rings. The van der Waals surface area contributed by atoms with Crippen LogP contribution in [0.25, 0.3) is 0 Å². The van der Waals surface area contributed by atoms with E-state index in [9.17, 15) is 0 Å². The third-order valence-corrected chi connectivity index (χ3v) is 1.45. The predicted octanol–water partition coefficient (Wildman–Crippen LogP) is -2.41. The van der Waals surface area contributed by atoms with Gasteiger partial charge in [0.15, 0.2) is 0 Å². The van der Waals surface area contributed by atoms with Crippen LogP contribution in [0.2, 0.25) is 0 Å². The summed E-state index contributed by atoms with van der Waals surface area (Å²) in [6, 6.07) is 0. The first-order valence-corrected chi connectivity index (χ1v) is 3.59. The zero-order valence-electron chi connectivity index (χ0n) is 6.89. The van der Waals surface area contributed by atoms with E-state index in [2.05, 4.69) is 18.7 Å². The Hall–Kier alpha value is 0.517. The van der Waals surface area contributed by atoms with E-state index in [0.717, 1.165) is 26.1 Å². The van der Waals surface area contributed by atoms with Crippen molar-refractivity contribution >= 4 is 0 Å². The van der Waals surface area contributed by atoms with Crippen LogP contribution in [-0.2, 0) is 4.74 Å². The van der Waals surface area contributed by atoms with Crippen molar-refractivity contribution in [2.45, 2.75) is 19.4 Å². The number of ether oxygens (including phenoxy) is 1. The summed E-state index contributed by atoms with van der Waals surface area (Å²) in [5, 5.41) is 3.26. The molecular formula is C7H14LiNO. The molecule has 1 aliphatic rings. The molecule has 1 rings (SSSR count). The molecule has 2 nitrogen and oxygen atoms in total. The first-order valence-electron chi connectivity index (χ1n) is 3.59. The van der Waals surface area contributed by atoms with Crippen molar-refractivity contribution < 1.29 is 23.6 Å². The Kier molecular flexibility index (Phi) is 6.56. The maximum atomic E-state index is 5.40. The minimum absolute atomic E-state index is 0. The van der Waals surface area contributed by atoms with E-state index in [4.69, 9.17) is 4.74 Å². The van der Waals surface area contributed by atoms with Gasteiger partial charge in [-0.05, 0) is 6.54 Å². The summed E-state index contributed by atoms with van der Waals surface area (Å²) < 4.78 is 5.40.